The van der Waals surface area contributed by atoms with E-state index in [9.17, 15) is 14.7 Å². The maximum absolute atomic E-state index is 12.4. The van der Waals surface area contributed by atoms with Crippen LogP contribution in [0.25, 0.3) is 0 Å². The molecule has 5 heteroatoms. The number of rotatable bonds is 3. The van der Waals surface area contributed by atoms with Gasteiger partial charge in [-0.2, -0.15) is 0 Å². The molecule has 1 atom stereocenters. The highest BCUT2D eigenvalue weighted by Crippen LogP contribution is 2.26. The number of aromatic hydroxyl groups is 1. The van der Waals surface area contributed by atoms with E-state index < -0.39 is 5.97 Å². The first-order chi connectivity index (χ1) is 9.49. The Morgan fingerprint density at radius 2 is 2.15 bits per heavy atom. The summed E-state index contributed by atoms with van der Waals surface area (Å²) in [5, 5.41) is 18.8. The molecule has 1 fully saturated rings. The van der Waals surface area contributed by atoms with Crippen molar-refractivity contribution in [2.24, 2.45) is 5.92 Å². The number of aryl methyl sites for hydroxylation is 1. The van der Waals surface area contributed by atoms with Gasteiger partial charge in [-0.1, -0.05) is 12.1 Å². The van der Waals surface area contributed by atoms with Crippen molar-refractivity contribution >= 4 is 11.9 Å². The molecule has 0 spiro atoms. The molecule has 1 saturated heterocycles. The van der Waals surface area contributed by atoms with Crippen LogP contribution in [0.5, 0.6) is 5.75 Å². The Kier molecular flexibility index (Phi) is 4.27. The largest absolute Gasteiger partial charge is 0.507 e. The number of aliphatic carboxylic acids is 1. The fourth-order valence-corrected chi connectivity index (χ4v) is 2.66. The number of nitrogens with zero attached hydrogens (tertiary/aromatic N) is 1. The van der Waals surface area contributed by atoms with E-state index >= 15 is 0 Å². The lowest BCUT2D eigenvalue weighted by atomic mass is 9.94. The van der Waals surface area contributed by atoms with E-state index in [4.69, 9.17) is 5.11 Å². The lowest BCUT2D eigenvalue weighted by Gasteiger charge is -2.32. The number of carbonyl (C=O) groups is 2. The topological polar surface area (TPSA) is 77.8 Å². The van der Waals surface area contributed by atoms with Gasteiger partial charge in [0, 0.05) is 19.5 Å². The number of carboxylic acids is 1. The van der Waals surface area contributed by atoms with E-state index in [2.05, 4.69) is 0 Å². The Bertz CT molecular complexity index is 527. The number of benzene rings is 1. The number of hydrogen-bond donors (Lipinski definition) is 2. The maximum Gasteiger partial charge on any atom is 0.303 e. The van der Waals surface area contributed by atoms with Crippen molar-refractivity contribution in [2.75, 3.05) is 13.1 Å². The minimum Gasteiger partial charge on any atom is -0.507 e. The first-order valence-electron chi connectivity index (χ1n) is 6.78. The highest BCUT2D eigenvalue weighted by Gasteiger charge is 2.27. The zero-order chi connectivity index (χ0) is 14.7. The number of likely N-dealkylation sites (tertiary alicyclic amines) is 1. The summed E-state index contributed by atoms with van der Waals surface area (Å²) in [4.78, 5) is 24.8. The Morgan fingerprint density at radius 3 is 2.85 bits per heavy atom. The third-order valence-corrected chi connectivity index (χ3v) is 3.74. The fraction of sp³-hybridized carbons (Fsp3) is 0.467. The molecule has 1 unspecified atom stereocenters. The minimum absolute atomic E-state index is 0.00264. The van der Waals surface area contributed by atoms with Crippen LogP contribution in [-0.2, 0) is 4.79 Å². The Labute approximate surface area is 117 Å². The number of phenolic OH excluding ortho intramolecular Hbond substituents is 1. The van der Waals surface area contributed by atoms with Gasteiger partial charge in [0.15, 0.2) is 0 Å². The van der Waals surface area contributed by atoms with Crippen LogP contribution in [0.2, 0.25) is 0 Å². The molecule has 2 N–H and O–H groups in total. The fourth-order valence-electron chi connectivity index (χ4n) is 2.66. The smallest absolute Gasteiger partial charge is 0.303 e. The first-order valence-corrected chi connectivity index (χ1v) is 6.78. The molecule has 108 valence electrons. The summed E-state index contributed by atoms with van der Waals surface area (Å²) >= 11 is 0. The Morgan fingerprint density at radius 1 is 1.40 bits per heavy atom. The van der Waals surface area contributed by atoms with Crippen LogP contribution in [0.3, 0.4) is 0 Å². The molecule has 2 rings (SSSR count). The van der Waals surface area contributed by atoms with E-state index in [0.29, 0.717) is 24.2 Å². The van der Waals surface area contributed by atoms with Crippen molar-refractivity contribution in [3.63, 3.8) is 0 Å². The number of amides is 1. The first kappa shape index (κ1) is 14.4. The molecule has 20 heavy (non-hydrogen) atoms. The van der Waals surface area contributed by atoms with Crippen LogP contribution in [-0.4, -0.2) is 40.1 Å². The van der Waals surface area contributed by atoms with Gasteiger partial charge >= 0.3 is 5.97 Å². The number of piperidine rings is 1. The van der Waals surface area contributed by atoms with Gasteiger partial charge in [-0.25, -0.2) is 0 Å². The molecule has 1 heterocycles. The molecule has 1 aromatic carbocycles. The SMILES string of the molecule is Cc1cccc(C(=O)N2CCCC(CC(=O)O)C2)c1O. The van der Waals surface area contributed by atoms with Crippen LogP contribution >= 0.6 is 0 Å². The van der Waals surface area contributed by atoms with Crippen molar-refractivity contribution in [1.82, 2.24) is 4.90 Å². The van der Waals surface area contributed by atoms with Gasteiger partial charge in [0.25, 0.3) is 5.91 Å². The van der Waals surface area contributed by atoms with E-state index in [0.717, 1.165) is 12.8 Å². The molecule has 1 aromatic rings. The predicted molar refractivity (Wildman–Crippen MR) is 73.7 cm³/mol. The van der Waals surface area contributed by atoms with Crippen molar-refractivity contribution < 1.29 is 19.8 Å². The highest BCUT2D eigenvalue weighted by molar-refractivity contribution is 5.97. The molecule has 1 aliphatic heterocycles. The summed E-state index contributed by atoms with van der Waals surface area (Å²) in [7, 11) is 0. The summed E-state index contributed by atoms with van der Waals surface area (Å²) < 4.78 is 0. The zero-order valence-corrected chi connectivity index (χ0v) is 11.5. The van der Waals surface area contributed by atoms with Crippen LogP contribution in [0, 0.1) is 12.8 Å². The normalized spacial score (nSPS) is 18.9. The molecule has 5 nitrogen and oxygen atoms in total. The third kappa shape index (κ3) is 3.10. The quantitative estimate of drug-likeness (QED) is 0.886. The van der Waals surface area contributed by atoms with Crippen LogP contribution in [0.4, 0.5) is 0 Å². The summed E-state index contributed by atoms with van der Waals surface area (Å²) in [6, 6.07) is 5.09. The molecular weight excluding hydrogens is 258 g/mol. The molecule has 1 amide bonds. The van der Waals surface area contributed by atoms with Crippen LogP contribution in [0.1, 0.15) is 35.2 Å². The van der Waals surface area contributed by atoms with Gasteiger partial charge in [-0.15, -0.1) is 0 Å². The minimum atomic E-state index is -0.831. The number of hydrogen-bond acceptors (Lipinski definition) is 3. The molecule has 1 aliphatic rings. The van der Waals surface area contributed by atoms with E-state index in [-0.39, 0.29) is 24.0 Å². The average molecular weight is 277 g/mol. The zero-order valence-electron chi connectivity index (χ0n) is 11.5. The standard InChI is InChI=1S/C15H19NO4/c1-10-4-2-6-12(14(10)19)15(20)16-7-3-5-11(9-16)8-13(17)18/h2,4,6,11,19H,3,5,7-9H2,1H3,(H,17,18). The van der Waals surface area contributed by atoms with Gasteiger partial charge in [0.05, 0.1) is 5.56 Å². The Hall–Kier alpha value is -2.04. The summed E-state index contributed by atoms with van der Waals surface area (Å²) in [5.74, 6) is -1.04. The highest BCUT2D eigenvalue weighted by atomic mass is 16.4. The van der Waals surface area contributed by atoms with Crippen molar-refractivity contribution in [2.45, 2.75) is 26.2 Å². The Balaban J connectivity index is 2.12. The third-order valence-electron chi connectivity index (χ3n) is 3.74. The predicted octanol–water partition coefficient (Wildman–Crippen LogP) is 2.03. The van der Waals surface area contributed by atoms with Gasteiger partial charge in [-0.05, 0) is 37.3 Å². The monoisotopic (exact) mass is 277 g/mol. The molecule has 0 bridgehead atoms. The second kappa shape index (κ2) is 5.94. The molecule has 0 radical (unpaired) electrons. The van der Waals surface area contributed by atoms with Gasteiger partial charge in [0.1, 0.15) is 5.75 Å². The van der Waals surface area contributed by atoms with Gasteiger partial charge in [-0.3, -0.25) is 9.59 Å². The number of carbonyl (C=O) groups excluding carboxylic acids is 1. The van der Waals surface area contributed by atoms with E-state index in [1.54, 1.807) is 30.0 Å². The maximum atomic E-state index is 12.4. The van der Waals surface area contributed by atoms with E-state index in [1.807, 2.05) is 0 Å². The number of phenols is 1. The molecule has 0 aliphatic carbocycles. The lowest BCUT2D eigenvalue weighted by Crippen LogP contribution is -2.40. The van der Waals surface area contributed by atoms with Crippen molar-refractivity contribution in [3.8, 4) is 5.75 Å². The van der Waals surface area contributed by atoms with Gasteiger partial charge in [0.2, 0.25) is 0 Å². The second-order valence-electron chi connectivity index (χ2n) is 5.33. The van der Waals surface area contributed by atoms with Crippen molar-refractivity contribution in [1.29, 1.82) is 0 Å². The lowest BCUT2D eigenvalue weighted by molar-refractivity contribution is -0.138. The molecule has 0 aromatic heterocycles. The number of para-hydroxylation sites is 1. The summed E-state index contributed by atoms with van der Waals surface area (Å²) in [5.41, 5.74) is 0.955. The van der Waals surface area contributed by atoms with Crippen molar-refractivity contribution in [3.05, 3.63) is 29.3 Å². The second-order valence-corrected chi connectivity index (χ2v) is 5.33. The van der Waals surface area contributed by atoms with Crippen LogP contribution in [0.15, 0.2) is 18.2 Å². The van der Waals surface area contributed by atoms with E-state index in [1.165, 1.54) is 0 Å². The van der Waals surface area contributed by atoms with Gasteiger partial charge < -0.3 is 15.1 Å². The van der Waals surface area contributed by atoms with Crippen LogP contribution < -0.4 is 0 Å². The summed E-state index contributed by atoms with van der Waals surface area (Å²) in [6.07, 6.45) is 1.72. The summed E-state index contributed by atoms with van der Waals surface area (Å²) in [6.45, 7) is 2.80. The molecule has 0 saturated carbocycles. The number of carboxylic acid groups (broad SMARTS) is 1. The average Bonchev–Trinajstić information content (AvgIpc) is 2.41. The molecular formula is C15H19NO4.